The number of guanidine groups is 1. The first kappa shape index (κ1) is 11.4. The SMILES string of the molecule is C=CCSCCN=C(N)N(C)C1CC1. The van der Waals surface area contributed by atoms with Crippen molar-refractivity contribution in [3.05, 3.63) is 12.7 Å². The summed E-state index contributed by atoms with van der Waals surface area (Å²) in [6, 6.07) is 0.652. The lowest BCUT2D eigenvalue weighted by molar-refractivity contribution is 0.488. The molecule has 0 atom stereocenters. The number of nitrogens with zero attached hydrogens (tertiary/aromatic N) is 2. The molecule has 1 aliphatic carbocycles. The van der Waals surface area contributed by atoms with Crippen LogP contribution in [0.1, 0.15) is 12.8 Å². The van der Waals surface area contributed by atoms with Gasteiger partial charge in [-0.1, -0.05) is 6.08 Å². The van der Waals surface area contributed by atoms with E-state index in [0.29, 0.717) is 12.0 Å². The molecule has 1 aliphatic rings. The molecule has 0 aromatic heterocycles. The molecule has 80 valence electrons. The Labute approximate surface area is 90.4 Å². The van der Waals surface area contributed by atoms with Crippen molar-refractivity contribution >= 4 is 17.7 Å². The van der Waals surface area contributed by atoms with Crippen LogP contribution in [0.4, 0.5) is 0 Å². The molecule has 0 radical (unpaired) electrons. The molecule has 0 saturated heterocycles. The number of aliphatic imine (C=N–C) groups is 1. The van der Waals surface area contributed by atoms with E-state index in [2.05, 4.69) is 16.5 Å². The Hall–Kier alpha value is -0.640. The zero-order valence-corrected chi connectivity index (χ0v) is 9.59. The van der Waals surface area contributed by atoms with Crippen molar-refractivity contribution in [2.45, 2.75) is 18.9 Å². The zero-order chi connectivity index (χ0) is 10.4. The Morgan fingerprint density at radius 2 is 2.43 bits per heavy atom. The average Bonchev–Trinajstić information content (AvgIpc) is 2.99. The lowest BCUT2D eigenvalue weighted by Gasteiger charge is -2.16. The minimum absolute atomic E-state index is 0.652. The fourth-order valence-corrected chi connectivity index (χ4v) is 1.71. The number of nitrogens with two attached hydrogens (primary N) is 1. The molecule has 0 amide bonds. The minimum Gasteiger partial charge on any atom is -0.370 e. The molecule has 1 rings (SSSR count). The molecular formula is C10H19N3S. The highest BCUT2D eigenvalue weighted by atomic mass is 32.2. The van der Waals surface area contributed by atoms with Crippen LogP contribution in [0.5, 0.6) is 0 Å². The maximum absolute atomic E-state index is 5.82. The molecule has 0 unspecified atom stereocenters. The summed E-state index contributed by atoms with van der Waals surface area (Å²) in [7, 11) is 2.02. The summed E-state index contributed by atoms with van der Waals surface area (Å²) in [5.41, 5.74) is 5.82. The molecule has 3 nitrogen and oxygen atoms in total. The quantitative estimate of drug-likeness (QED) is 0.313. The second-order valence-corrected chi connectivity index (χ2v) is 4.60. The molecule has 0 spiro atoms. The van der Waals surface area contributed by atoms with Crippen molar-refractivity contribution in [1.82, 2.24) is 4.90 Å². The maximum Gasteiger partial charge on any atom is 0.191 e. The summed E-state index contributed by atoms with van der Waals surface area (Å²) >= 11 is 1.83. The third kappa shape index (κ3) is 4.05. The van der Waals surface area contributed by atoms with E-state index in [4.69, 9.17) is 5.73 Å². The first-order chi connectivity index (χ1) is 6.75. The fraction of sp³-hybridized carbons (Fsp3) is 0.700. The van der Waals surface area contributed by atoms with Crippen LogP contribution in [0.3, 0.4) is 0 Å². The van der Waals surface area contributed by atoms with Crippen molar-refractivity contribution in [3.63, 3.8) is 0 Å². The Balaban J connectivity index is 2.11. The molecule has 2 N–H and O–H groups in total. The highest BCUT2D eigenvalue weighted by Crippen LogP contribution is 2.24. The van der Waals surface area contributed by atoms with E-state index in [1.54, 1.807) is 0 Å². The summed E-state index contributed by atoms with van der Waals surface area (Å²) in [5, 5.41) is 0. The largest absolute Gasteiger partial charge is 0.370 e. The number of hydrogen-bond donors (Lipinski definition) is 1. The Kier molecular flexibility index (Phi) is 4.87. The van der Waals surface area contributed by atoms with Gasteiger partial charge in [-0.25, -0.2) is 0 Å². The average molecular weight is 213 g/mol. The molecule has 1 fully saturated rings. The molecule has 0 heterocycles. The third-order valence-electron chi connectivity index (χ3n) is 2.20. The minimum atomic E-state index is 0.652. The number of rotatable bonds is 6. The first-order valence-electron chi connectivity index (χ1n) is 4.97. The highest BCUT2D eigenvalue weighted by molar-refractivity contribution is 7.99. The van der Waals surface area contributed by atoms with Crippen LogP contribution >= 0.6 is 11.8 Å². The van der Waals surface area contributed by atoms with Gasteiger partial charge in [-0.2, -0.15) is 11.8 Å². The summed E-state index contributed by atoms with van der Waals surface area (Å²) in [5.74, 6) is 2.70. The topological polar surface area (TPSA) is 41.6 Å². The van der Waals surface area contributed by atoms with Gasteiger partial charge in [0.2, 0.25) is 0 Å². The Bertz CT molecular complexity index is 211. The predicted molar refractivity (Wildman–Crippen MR) is 64.8 cm³/mol. The smallest absolute Gasteiger partial charge is 0.191 e. The molecule has 0 aromatic rings. The van der Waals surface area contributed by atoms with Gasteiger partial charge in [-0.3, -0.25) is 4.99 Å². The van der Waals surface area contributed by atoms with Crippen molar-refractivity contribution in [3.8, 4) is 0 Å². The second kappa shape index (κ2) is 5.96. The standard InChI is InChI=1S/C10H19N3S/c1-3-7-14-8-6-12-10(11)13(2)9-4-5-9/h3,9H,1,4-8H2,2H3,(H2,11,12). The summed E-state index contributed by atoms with van der Waals surface area (Å²) < 4.78 is 0. The van der Waals surface area contributed by atoms with Crippen LogP contribution in [0, 0.1) is 0 Å². The van der Waals surface area contributed by atoms with Crippen molar-refractivity contribution < 1.29 is 0 Å². The number of thioether (sulfide) groups is 1. The zero-order valence-electron chi connectivity index (χ0n) is 8.78. The van der Waals surface area contributed by atoms with Crippen LogP contribution in [-0.4, -0.2) is 42.0 Å². The Morgan fingerprint density at radius 3 is 3.00 bits per heavy atom. The monoisotopic (exact) mass is 213 g/mol. The van der Waals surface area contributed by atoms with Crippen LogP contribution in [-0.2, 0) is 0 Å². The van der Waals surface area contributed by atoms with Gasteiger partial charge in [0.15, 0.2) is 5.96 Å². The van der Waals surface area contributed by atoms with Crippen molar-refractivity contribution in [2.75, 3.05) is 25.1 Å². The third-order valence-corrected chi connectivity index (χ3v) is 3.14. The summed E-state index contributed by atoms with van der Waals surface area (Å²) in [4.78, 5) is 6.40. The van der Waals surface area contributed by atoms with E-state index in [0.717, 1.165) is 18.1 Å². The van der Waals surface area contributed by atoms with Crippen molar-refractivity contribution in [2.24, 2.45) is 10.7 Å². The van der Waals surface area contributed by atoms with Gasteiger partial charge in [0.1, 0.15) is 0 Å². The van der Waals surface area contributed by atoms with E-state index in [1.807, 2.05) is 24.9 Å². The van der Waals surface area contributed by atoms with Gasteiger partial charge in [0.25, 0.3) is 0 Å². The molecule has 14 heavy (non-hydrogen) atoms. The van der Waals surface area contributed by atoms with E-state index < -0.39 is 0 Å². The number of hydrogen-bond acceptors (Lipinski definition) is 2. The molecular weight excluding hydrogens is 194 g/mol. The van der Waals surface area contributed by atoms with Gasteiger partial charge in [-0.15, -0.1) is 6.58 Å². The van der Waals surface area contributed by atoms with E-state index in [9.17, 15) is 0 Å². The lowest BCUT2D eigenvalue weighted by Crippen LogP contribution is -2.35. The van der Waals surface area contributed by atoms with E-state index in [-0.39, 0.29) is 0 Å². The van der Waals surface area contributed by atoms with Crippen LogP contribution < -0.4 is 5.73 Å². The van der Waals surface area contributed by atoms with Gasteiger partial charge < -0.3 is 10.6 Å². The van der Waals surface area contributed by atoms with Crippen LogP contribution in [0.15, 0.2) is 17.6 Å². The molecule has 0 aromatic carbocycles. The maximum atomic E-state index is 5.82. The second-order valence-electron chi connectivity index (χ2n) is 3.45. The van der Waals surface area contributed by atoms with Gasteiger partial charge in [-0.05, 0) is 12.8 Å². The Morgan fingerprint density at radius 1 is 1.71 bits per heavy atom. The van der Waals surface area contributed by atoms with Gasteiger partial charge >= 0.3 is 0 Å². The molecule has 1 saturated carbocycles. The van der Waals surface area contributed by atoms with Crippen LogP contribution in [0.25, 0.3) is 0 Å². The highest BCUT2D eigenvalue weighted by Gasteiger charge is 2.27. The van der Waals surface area contributed by atoms with Crippen LogP contribution in [0.2, 0.25) is 0 Å². The molecule has 0 aliphatic heterocycles. The molecule has 0 bridgehead atoms. The summed E-state index contributed by atoms with van der Waals surface area (Å²) in [6.07, 6.45) is 4.43. The van der Waals surface area contributed by atoms with Gasteiger partial charge in [0.05, 0.1) is 6.54 Å². The van der Waals surface area contributed by atoms with Crippen molar-refractivity contribution in [1.29, 1.82) is 0 Å². The summed E-state index contributed by atoms with van der Waals surface area (Å²) in [6.45, 7) is 4.47. The lowest BCUT2D eigenvalue weighted by atomic mass is 10.6. The predicted octanol–water partition coefficient (Wildman–Crippen LogP) is 1.31. The van der Waals surface area contributed by atoms with Gasteiger partial charge in [0, 0.05) is 24.6 Å². The van der Waals surface area contributed by atoms with E-state index >= 15 is 0 Å². The van der Waals surface area contributed by atoms with E-state index in [1.165, 1.54) is 12.8 Å². The normalized spacial score (nSPS) is 16.8. The molecule has 4 heteroatoms. The fourth-order valence-electron chi connectivity index (χ4n) is 1.15. The first-order valence-corrected chi connectivity index (χ1v) is 6.12.